The molecule has 1 atom stereocenters. The van der Waals surface area contributed by atoms with Crippen molar-refractivity contribution in [1.29, 1.82) is 0 Å². The molecule has 74 valence electrons. The molecule has 0 aliphatic heterocycles. The number of nitrogens with zero attached hydrogens (tertiary/aromatic N) is 2. The molecule has 1 rings (SSSR count). The summed E-state index contributed by atoms with van der Waals surface area (Å²) in [6.07, 6.45) is 2.65. The molecule has 1 unspecified atom stereocenters. The fourth-order valence-corrected chi connectivity index (χ4v) is 1.26. The Labute approximate surface area is 78.5 Å². The zero-order chi connectivity index (χ0) is 9.90. The van der Waals surface area contributed by atoms with Gasteiger partial charge in [0.25, 0.3) is 0 Å². The molecule has 0 aromatic carbocycles. The Balaban J connectivity index is 2.80. The third-order valence-corrected chi connectivity index (χ3v) is 2.05. The predicted molar refractivity (Wildman–Crippen MR) is 50.1 cm³/mol. The predicted octanol–water partition coefficient (Wildman–Crippen LogP) is 1.61. The van der Waals surface area contributed by atoms with Crippen LogP contribution in [-0.4, -0.2) is 10.1 Å². The molecule has 0 amide bonds. The van der Waals surface area contributed by atoms with E-state index in [1.807, 2.05) is 13.8 Å². The van der Waals surface area contributed by atoms with Crippen LogP contribution in [-0.2, 0) is 12.0 Å². The average Bonchev–Trinajstić information content (AvgIpc) is 2.52. The van der Waals surface area contributed by atoms with Crippen molar-refractivity contribution in [3.63, 3.8) is 0 Å². The van der Waals surface area contributed by atoms with Gasteiger partial charge in [-0.05, 0) is 13.3 Å². The normalized spacial score (nSPS) is 15.7. The van der Waals surface area contributed by atoms with Gasteiger partial charge >= 0.3 is 0 Å². The molecule has 2 N–H and O–H groups in total. The molecule has 0 fully saturated rings. The quantitative estimate of drug-likeness (QED) is 0.770. The van der Waals surface area contributed by atoms with E-state index in [1.54, 1.807) is 0 Å². The lowest BCUT2D eigenvalue weighted by atomic mass is 9.97. The van der Waals surface area contributed by atoms with Gasteiger partial charge in [-0.3, -0.25) is 0 Å². The second kappa shape index (κ2) is 3.87. The summed E-state index contributed by atoms with van der Waals surface area (Å²) in [7, 11) is 0. The van der Waals surface area contributed by atoms with Crippen molar-refractivity contribution in [1.82, 2.24) is 10.1 Å². The summed E-state index contributed by atoms with van der Waals surface area (Å²) in [5.41, 5.74) is 5.58. The van der Waals surface area contributed by atoms with Crippen LogP contribution < -0.4 is 5.73 Å². The SMILES string of the molecule is CCCC(C)(N)c1noc(CC)n1. The van der Waals surface area contributed by atoms with E-state index in [0.717, 1.165) is 19.3 Å². The summed E-state index contributed by atoms with van der Waals surface area (Å²) < 4.78 is 5.01. The van der Waals surface area contributed by atoms with Crippen molar-refractivity contribution < 1.29 is 4.52 Å². The first-order valence-electron chi connectivity index (χ1n) is 4.72. The standard InChI is InChI=1S/C9H17N3O/c1-4-6-9(3,10)8-11-7(5-2)13-12-8/h4-6,10H2,1-3H3. The summed E-state index contributed by atoms with van der Waals surface area (Å²) in [6, 6.07) is 0. The second-order valence-corrected chi connectivity index (χ2v) is 3.53. The fraction of sp³-hybridized carbons (Fsp3) is 0.778. The number of nitrogens with two attached hydrogens (primary N) is 1. The summed E-state index contributed by atoms with van der Waals surface area (Å²) >= 11 is 0. The highest BCUT2D eigenvalue weighted by molar-refractivity contribution is 5.01. The molecule has 0 spiro atoms. The van der Waals surface area contributed by atoms with Crippen molar-refractivity contribution in [2.45, 2.75) is 45.6 Å². The van der Waals surface area contributed by atoms with Crippen molar-refractivity contribution in [3.8, 4) is 0 Å². The lowest BCUT2D eigenvalue weighted by Crippen LogP contribution is -2.34. The molecule has 0 radical (unpaired) electrons. The Kier molecular flexibility index (Phi) is 3.03. The van der Waals surface area contributed by atoms with E-state index in [-0.39, 0.29) is 0 Å². The van der Waals surface area contributed by atoms with Crippen LogP contribution in [0.25, 0.3) is 0 Å². The topological polar surface area (TPSA) is 64.9 Å². The Bertz CT molecular complexity index is 268. The lowest BCUT2D eigenvalue weighted by molar-refractivity contribution is 0.349. The largest absolute Gasteiger partial charge is 0.339 e. The molecule has 0 saturated heterocycles. The second-order valence-electron chi connectivity index (χ2n) is 3.53. The summed E-state index contributed by atoms with van der Waals surface area (Å²) in [4.78, 5) is 4.22. The zero-order valence-corrected chi connectivity index (χ0v) is 8.50. The van der Waals surface area contributed by atoms with Gasteiger partial charge in [-0.25, -0.2) is 0 Å². The number of hydrogen-bond donors (Lipinski definition) is 1. The lowest BCUT2D eigenvalue weighted by Gasteiger charge is -2.18. The molecule has 4 nitrogen and oxygen atoms in total. The third kappa shape index (κ3) is 2.28. The first-order chi connectivity index (χ1) is 6.10. The zero-order valence-electron chi connectivity index (χ0n) is 8.50. The number of rotatable bonds is 4. The van der Waals surface area contributed by atoms with Crippen LogP contribution in [0.15, 0.2) is 4.52 Å². The highest BCUT2D eigenvalue weighted by atomic mass is 16.5. The molecule has 4 heteroatoms. The van der Waals surface area contributed by atoms with Crippen molar-refractivity contribution in [2.24, 2.45) is 5.73 Å². The molecule has 0 saturated carbocycles. The van der Waals surface area contributed by atoms with Crippen LogP contribution in [0.5, 0.6) is 0 Å². The van der Waals surface area contributed by atoms with Gasteiger partial charge < -0.3 is 10.3 Å². The van der Waals surface area contributed by atoms with E-state index >= 15 is 0 Å². The average molecular weight is 183 g/mol. The first kappa shape index (κ1) is 10.2. The van der Waals surface area contributed by atoms with E-state index in [1.165, 1.54) is 0 Å². The summed E-state index contributed by atoms with van der Waals surface area (Å²) in [5.74, 6) is 1.27. The van der Waals surface area contributed by atoms with Crippen molar-refractivity contribution in [3.05, 3.63) is 11.7 Å². The minimum Gasteiger partial charge on any atom is -0.339 e. The summed E-state index contributed by atoms with van der Waals surface area (Å²) in [6.45, 7) is 6.00. The smallest absolute Gasteiger partial charge is 0.226 e. The molecule has 1 aromatic heterocycles. The van der Waals surface area contributed by atoms with E-state index < -0.39 is 5.54 Å². The molecular formula is C9H17N3O. The van der Waals surface area contributed by atoms with Gasteiger partial charge in [0.1, 0.15) is 0 Å². The first-order valence-corrected chi connectivity index (χ1v) is 4.72. The maximum Gasteiger partial charge on any atom is 0.226 e. The molecule has 13 heavy (non-hydrogen) atoms. The van der Waals surface area contributed by atoms with Gasteiger partial charge in [0.2, 0.25) is 5.89 Å². The van der Waals surface area contributed by atoms with E-state index in [4.69, 9.17) is 10.3 Å². The molecule has 0 bridgehead atoms. The van der Waals surface area contributed by atoms with E-state index in [0.29, 0.717) is 11.7 Å². The monoisotopic (exact) mass is 183 g/mol. The van der Waals surface area contributed by atoms with Gasteiger partial charge in [-0.15, -0.1) is 0 Å². The van der Waals surface area contributed by atoms with Gasteiger partial charge in [0.15, 0.2) is 5.82 Å². The molecule has 0 aliphatic rings. The number of aryl methyl sites for hydroxylation is 1. The van der Waals surface area contributed by atoms with E-state index in [9.17, 15) is 0 Å². The van der Waals surface area contributed by atoms with Crippen molar-refractivity contribution in [2.75, 3.05) is 0 Å². The van der Waals surface area contributed by atoms with Gasteiger partial charge in [-0.2, -0.15) is 4.98 Å². The molecule has 0 aliphatic carbocycles. The Morgan fingerprint density at radius 3 is 2.62 bits per heavy atom. The van der Waals surface area contributed by atoms with Crippen LogP contribution >= 0.6 is 0 Å². The highest BCUT2D eigenvalue weighted by Gasteiger charge is 2.25. The van der Waals surface area contributed by atoms with E-state index in [2.05, 4.69) is 17.1 Å². The molecule has 1 aromatic rings. The van der Waals surface area contributed by atoms with Crippen LogP contribution in [0.3, 0.4) is 0 Å². The van der Waals surface area contributed by atoms with Crippen molar-refractivity contribution >= 4 is 0 Å². The fourth-order valence-electron chi connectivity index (χ4n) is 1.26. The maximum atomic E-state index is 6.03. The van der Waals surface area contributed by atoms with Crippen LogP contribution in [0.2, 0.25) is 0 Å². The third-order valence-electron chi connectivity index (χ3n) is 2.05. The number of hydrogen-bond acceptors (Lipinski definition) is 4. The minimum absolute atomic E-state index is 0.453. The Morgan fingerprint density at radius 1 is 1.46 bits per heavy atom. The van der Waals surface area contributed by atoms with Gasteiger partial charge in [-0.1, -0.05) is 25.4 Å². The maximum absolute atomic E-state index is 6.03. The highest BCUT2D eigenvalue weighted by Crippen LogP contribution is 2.19. The molecular weight excluding hydrogens is 166 g/mol. The van der Waals surface area contributed by atoms with Crippen LogP contribution in [0, 0.1) is 0 Å². The van der Waals surface area contributed by atoms with Crippen LogP contribution in [0.1, 0.15) is 45.3 Å². The Morgan fingerprint density at radius 2 is 2.15 bits per heavy atom. The number of aromatic nitrogens is 2. The van der Waals surface area contributed by atoms with Gasteiger partial charge in [0, 0.05) is 6.42 Å². The van der Waals surface area contributed by atoms with Crippen LogP contribution in [0.4, 0.5) is 0 Å². The minimum atomic E-state index is -0.453. The molecule has 1 heterocycles. The van der Waals surface area contributed by atoms with Gasteiger partial charge in [0.05, 0.1) is 5.54 Å². The summed E-state index contributed by atoms with van der Waals surface area (Å²) in [5, 5.41) is 3.87. The Hall–Kier alpha value is -0.900.